The number of aromatic nitrogens is 1. The summed E-state index contributed by atoms with van der Waals surface area (Å²) in [5, 5.41) is 0. The SMILES string of the molecule is C=C(C(N)=O)c1cccn1C. The van der Waals surface area contributed by atoms with E-state index in [1.807, 2.05) is 19.3 Å². The molecule has 1 rings (SSSR count). The smallest absolute Gasteiger partial charge is 0.250 e. The fraction of sp³-hybridized carbons (Fsp3) is 0.125. The minimum atomic E-state index is -0.480. The Kier molecular flexibility index (Phi) is 1.81. The molecule has 2 N–H and O–H groups in total. The summed E-state index contributed by atoms with van der Waals surface area (Å²) in [4.78, 5) is 10.7. The second kappa shape index (κ2) is 2.62. The molecule has 3 heteroatoms. The molecule has 0 saturated carbocycles. The van der Waals surface area contributed by atoms with Crippen molar-refractivity contribution in [2.75, 3.05) is 0 Å². The van der Waals surface area contributed by atoms with Crippen molar-refractivity contribution < 1.29 is 4.79 Å². The fourth-order valence-electron chi connectivity index (χ4n) is 0.901. The van der Waals surface area contributed by atoms with Crippen molar-refractivity contribution in [1.29, 1.82) is 0 Å². The summed E-state index contributed by atoms with van der Waals surface area (Å²) in [6, 6.07) is 3.64. The van der Waals surface area contributed by atoms with Crippen LogP contribution in [-0.2, 0) is 11.8 Å². The molecule has 0 fully saturated rings. The van der Waals surface area contributed by atoms with Gasteiger partial charge >= 0.3 is 0 Å². The molecule has 0 saturated heterocycles. The van der Waals surface area contributed by atoms with Crippen molar-refractivity contribution in [3.63, 3.8) is 0 Å². The standard InChI is InChI=1S/C8H10N2O/c1-6(8(9)11)7-4-3-5-10(7)2/h3-5H,1H2,2H3,(H2,9,11). The van der Waals surface area contributed by atoms with E-state index in [4.69, 9.17) is 5.73 Å². The van der Waals surface area contributed by atoms with E-state index >= 15 is 0 Å². The van der Waals surface area contributed by atoms with Crippen LogP contribution in [0.2, 0.25) is 0 Å². The van der Waals surface area contributed by atoms with Crippen molar-refractivity contribution in [1.82, 2.24) is 4.57 Å². The number of nitrogens with zero attached hydrogens (tertiary/aromatic N) is 1. The molecule has 58 valence electrons. The van der Waals surface area contributed by atoms with E-state index in [2.05, 4.69) is 6.58 Å². The van der Waals surface area contributed by atoms with Crippen molar-refractivity contribution in [2.24, 2.45) is 12.8 Å². The molecular weight excluding hydrogens is 140 g/mol. The predicted octanol–water partition coefficient (Wildman–Crippen LogP) is 0.524. The Morgan fingerprint density at radius 3 is 2.73 bits per heavy atom. The third-order valence-electron chi connectivity index (χ3n) is 1.55. The summed E-state index contributed by atoms with van der Waals surface area (Å²) in [7, 11) is 1.84. The lowest BCUT2D eigenvalue weighted by atomic mass is 10.2. The van der Waals surface area contributed by atoms with Crippen LogP contribution >= 0.6 is 0 Å². The number of primary amides is 1. The topological polar surface area (TPSA) is 48.0 Å². The van der Waals surface area contributed by atoms with Gasteiger partial charge in [-0.15, -0.1) is 0 Å². The minimum Gasteiger partial charge on any atom is -0.366 e. The van der Waals surface area contributed by atoms with Gasteiger partial charge in [0, 0.05) is 13.2 Å². The molecule has 1 aromatic rings. The van der Waals surface area contributed by atoms with E-state index < -0.39 is 5.91 Å². The zero-order valence-electron chi connectivity index (χ0n) is 6.37. The largest absolute Gasteiger partial charge is 0.366 e. The maximum atomic E-state index is 10.7. The Morgan fingerprint density at radius 2 is 2.36 bits per heavy atom. The van der Waals surface area contributed by atoms with Crippen LogP contribution in [0.1, 0.15) is 5.69 Å². The molecule has 0 spiro atoms. The molecule has 1 amide bonds. The number of nitrogens with two attached hydrogens (primary N) is 1. The van der Waals surface area contributed by atoms with E-state index in [-0.39, 0.29) is 0 Å². The maximum absolute atomic E-state index is 10.7. The zero-order valence-corrected chi connectivity index (χ0v) is 6.37. The monoisotopic (exact) mass is 150 g/mol. The Hall–Kier alpha value is -1.51. The van der Waals surface area contributed by atoms with Crippen LogP contribution in [-0.4, -0.2) is 10.5 Å². The van der Waals surface area contributed by atoms with Crippen molar-refractivity contribution in [2.45, 2.75) is 0 Å². The lowest BCUT2D eigenvalue weighted by molar-refractivity contribution is -0.112. The van der Waals surface area contributed by atoms with E-state index in [9.17, 15) is 4.79 Å². The number of amides is 1. The van der Waals surface area contributed by atoms with Crippen molar-refractivity contribution >= 4 is 11.5 Å². The van der Waals surface area contributed by atoms with Crippen LogP contribution in [0.15, 0.2) is 24.9 Å². The van der Waals surface area contributed by atoms with Crippen LogP contribution in [0.4, 0.5) is 0 Å². The molecule has 3 nitrogen and oxygen atoms in total. The first kappa shape index (κ1) is 7.60. The highest BCUT2D eigenvalue weighted by atomic mass is 16.1. The van der Waals surface area contributed by atoms with Gasteiger partial charge in [-0.2, -0.15) is 0 Å². The molecular formula is C8H10N2O. The van der Waals surface area contributed by atoms with Gasteiger partial charge in [-0.05, 0) is 12.1 Å². The molecule has 0 bridgehead atoms. The second-order valence-corrected chi connectivity index (χ2v) is 2.35. The van der Waals surface area contributed by atoms with Crippen molar-refractivity contribution in [3.8, 4) is 0 Å². The Labute approximate surface area is 65.1 Å². The maximum Gasteiger partial charge on any atom is 0.250 e. The number of carbonyl (C=O) groups excluding carboxylic acids is 1. The normalized spacial score (nSPS) is 9.55. The highest BCUT2D eigenvalue weighted by molar-refractivity contribution is 6.17. The van der Waals surface area contributed by atoms with Crippen LogP contribution in [0, 0.1) is 0 Å². The average molecular weight is 150 g/mol. The van der Waals surface area contributed by atoms with Gasteiger partial charge in [0.15, 0.2) is 0 Å². The summed E-state index contributed by atoms with van der Waals surface area (Å²) >= 11 is 0. The Bertz CT molecular complexity index is 299. The molecule has 0 radical (unpaired) electrons. The molecule has 0 aliphatic carbocycles. The van der Waals surface area contributed by atoms with Gasteiger partial charge in [0.2, 0.25) is 5.91 Å². The number of rotatable bonds is 2. The summed E-state index contributed by atoms with van der Waals surface area (Å²) in [6.45, 7) is 3.56. The number of hydrogen-bond donors (Lipinski definition) is 1. The molecule has 1 heterocycles. The van der Waals surface area contributed by atoms with Crippen LogP contribution in [0.3, 0.4) is 0 Å². The lowest BCUT2D eigenvalue weighted by Crippen LogP contribution is -2.13. The van der Waals surface area contributed by atoms with E-state index in [1.54, 1.807) is 10.6 Å². The number of carbonyl (C=O) groups is 1. The van der Waals surface area contributed by atoms with Gasteiger partial charge in [-0.3, -0.25) is 4.79 Å². The summed E-state index contributed by atoms with van der Waals surface area (Å²) < 4.78 is 1.80. The first-order valence-corrected chi connectivity index (χ1v) is 3.23. The third-order valence-corrected chi connectivity index (χ3v) is 1.55. The summed E-state index contributed by atoms with van der Waals surface area (Å²) in [5.41, 5.74) is 6.15. The Morgan fingerprint density at radius 1 is 1.73 bits per heavy atom. The first-order chi connectivity index (χ1) is 5.13. The third kappa shape index (κ3) is 1.32. The van der Waals surface area contributed by atoms with Gasteiger partial charge in [0.05, 0.1) is 11.3 Å². The minimum absolute atomic E-state index is 0.345. The molecule has 0 aromatic carbocycles. The molecule has 0 aliphatic heterocycles. The molecule has 1 aromatic heterocycles. The predicted molar refractivity (Wildman–Crippen MR) is 43.6 cm³/mol. The first-order valence-electron chi connectivity index (χ1n) is 3.23. The molecule has 0 atom stereocenters. The van der Waals surface area contributed by atoms with Gasteiger partial charge < -0.3 is 10.3 Å². The Balaban J connectivity index is 3.02. The van der Waals surface area contributed by atoms with Gasteiger partial charge in [-0.1, -0.05) is 6.58 Å². The number of hydrogen-bond acceptors (Lipinski definition) is 1. The quantitative estimate of drug-likeness (QED) is 0.614. The lowest BCUT2D eigenvalue weighted by Gasteiger charge is -2.01. The highest BCUT2D eigenvalue weighted by Crippen LogP contribution is 2.10. The molecule has 11 heavy (non-hydrogen) atoms. The number of aryl methyl sites for hydroxylation is 1. The van der Waals surface area contributed by atoms with Gasteiger partial charge in [0.25, 0.3) is 0 Å². The van der Waals surface area contributed by atoms with Crippen LogP contribution < -0.4 is 5.73 Å². The summed E-state index contributed by atoms with van der Waals surface area (Å²) in [5.74, 6) is -0.480. The fourth-order valence-corrected chi connectivity index (χ4v) is 0.901. The second-order valence-electron chi connectivity index (χ2n) is 2.35. The van der Waals surface area contributed by atoms with E-state index in [0.29, 0.717) is 5.57 Å². The van der Waals surface area contributed by atoms with E-state index in [1.165, 1.54) is 0 Å². The summed E-state index contributed by atoms with van der Waals surface area (Å²) in [6.07, 6.45) is 1.84. The van der Waals surface area contributed by atoms with Crippen molar-refractivity contribution in [3.05, 3.63) is 30.6 Å². The van der Waals surface area contributed by atoms with Crippen LogP contribution in [0.5, 0.6) is 0 Å². The zero-order chi connectivity index (χ0) is 8.43. The molecule has 0 unspecified atom stereocenters. The van der Waals surface area contributed by atoms with Crippen LogP contribution in [0.25, 0.3) is 5.57 Å². The van der Waals surface area contributed by atoms with Gasteiger partial charge in [-0.25, -0.2) is 0 Å². The highest BCUT2D eigenvalue weighted by Gasteiger charge is 2.06. The average Bonchev–Trinajstić information content (AvgIpc) is 2.33. The van der Waals surface area contributed by atoms with Gasteiger partial charge in [0.1, 0.15) is 0 Å². The van der Waals surface area contributed by atoms with E-state index in [0.717, 1.165) is 5.69 Å². The molecule has 0 aliphatic rings.